The zero-order chi connectivity index (χ0) is 15.2. The third-order valence-electron chi connectivity index (χ3n) is 4.31. The Kier molecular flexibility index (Phi) is 5.74. The lowest BCUT2D eigenvalue weighted by atomic mass is 9.93. The highest BCUT2D eigenvalue weighted by atomic mass is 19.1. The van der Waals surface area contributed by atoms with Gasteiger partial charge < -0.3 is 10.6 Å². The van der Waals surface area contributed by atoms with Crippen molar-refractivity contribution in [2.75, 3.05) is 13.1 Å². The van der Waals surface area contributed by atoms with E-state index in [-0.39, 0.29) is 17.8 Å². The summed E-state index contributed by atoms with van der Waals surface area (Å²) < 4.78 is 13.5. The molecule has 0 unspecified atom stereocenters. The van der Waals surface area contributed by atoms with Crippen LogP contribution in [-0.4, -0.2) is 19.0 Å². The lowest BCUT2D eigenvalue weighted by Gasteiger charge is -2.22. The van der Waals surface area contributed by atoms with Gasteiger partial charge in [-0.2, -0.15) is 0 Å². The Morgan fingerprint density at radius 2 is 2.14 bits per heavy atom. The van der Waals surface area contributed by atoms with E-state index in [1.165, 1.54) is 6.07 Å². The van der Waals surface area contributed by atoms with Crippen molar-refractivity contribution in [2.45, 2.75) is 45.6 Å². The molecule has 2 N–H and O–H groups in total. The maximum atomic E-state index is 13.5. The van der Waals surface area contributed by atoms with Gasteiger partial charge in [0.25, 0.3) is 0 Å². The Morgan fingerprint density at radius 3 is 2.81 bits per heavy atom. The first kappa shape index (κ1) is 16.0. The van der Waals surface area contributed by atoms with Crippen LogP contribution >= 0.6 is 0 Å². The van der Waals surface area contributed by atoms with Crippen molar-refractivity contribution in [1.29, 1.82) is 0 Å². The normalized spacial score (nSPS) is 17.5. The molecule has 2 rings (SSSR count). The second kappa shape index (κ2) is 7.55. The average molecular weight is 292 g/mol. The van der Waals surface area contributed by atoms with Gasteiger partial charge in [-0.25, -0.2) is 4.39 Å². The highest BCUT2D eigenvalue weighted by molar-refractivity contribution is 5.76. The van der Waals surface area contributed by atoms with E-state index in [0.717, 1.165) is 37.9 Å². The van der Waals surface area contributed by atoms with Crippen LogP contribution in [0.4, 0.5) is 4.39 Å². The zero-order valence-corrected chi connectivity index (χ0v) is 12.9. The molecule has 0 saturated carbocycles. The minimum atomic E-state index is -0.219. The smallest absolute Gasteiger partial charge is 0.220 e. The van der Waals surface area contributed by atoms with E-state index < -0.39 is 0 Å². The van der Waals surface area contributed by atoms with E-state index in [2.05, 4.69) is 10.6 Å². The SMILES string of the molecule is Cc1ccc([C@H](C)NC(=O)CCC2CCNCC2)cc1F. The van der Waals surface area contributed by atoms with Crippen molar-refractivity contribution < 1.29 is 9.18 Å². The summed E-state index contributed by atoms with van der Waals surface area (Å²) in [4.78, 5) is 12.0. The fraction of sp³-hybridized carbons (Fsp3) is 0.588. The first-order valence-corrected chi connectivity index (χ1v) is 7.82. The van der Waals surface area contributed by atoms with Crippen LogP contribution in [0.2, 0.25) is 0 Å². The highest BCUT2D eigenvalue weighted by Crippen LogP contribution is 2.19. The molecule has 1 heterocycles. The van der Waals surface area contributed by atoms with Gasteiger partial charge in [-0.1, -0.05) is 12.1 Å². The fourth-order valence-electron chi connectivity index (χ4n) is 2.78. The molecule has 1 aliphatic heterocycles. The van der Waals surface area contributed by atoms with E-state index in [9.17, 15) is 9.18 Å². The minimum Gasteiger partial charge on any atom is -0.350 e. The van der Waals surface area contributed by atoms with Crippen LogP contribution in [0.15, 0.2) is 18.2 Å². The summed E-state index contributed by atoms with van der Waals surface area (Å²) in [6.07, 6.45) is 3.82. The van der Waals surface area contributed by atoms with E-state index in [1.54, 1.807) is 13.0 Å². The number of nitrogens with one attached hydrogen (secondary N) is 2. The number of hydrogen-bond acceptors (Lipinski definition) is 2. The predicted molar refractivity (Wildman–Crippen MR) is 82.5 cm³/mol. The maximum Gasteiger partial charge on any atom is 0.220 e. The second-order valence-corrected chi connectivity index (χ2v) is 6.03. The summed E-state index contributed by atoms with van der Waals surface area (Å²) in [5, 5.41) is 6.29. The van der Waals surface area contributed by atoms with Crippen LogP contribution < -0.4 is 10.6 Å². The Hall–Kier alpha value is -1.42. The summed E-state index contributed by atoms with van der Waals surface area (Å²) in [6, 6.07) is 4.98. The highest BCUT2D eigenvalue weighted by Gasteiger charge is 2.16. The molecule has 1 aromatic rings. The molecule has 1 aliphatic rings. The Balaban J connectivity index is 1.79. The molecule has 4 heteroatoms. The number of carbonyl (C=O) groups is 1. The molecular formula is C17H25FN2O. The molecule has 21 heavy (non-hydrogen) atoms. The van der Waals surface area contributed by atoms with E-state index in [4.69, 9.17) is 0 Å². The fourth-order valence-corrected chi connectivity index (χ4v) is 2.78. The van der Waals surface area contributed by atoms with Gasteiger partial charge in [-0.3, -0.25) is 4.79 Å². The topological polar surface area (TPSA) is 41.1 Å². The lowest BCUT2D eigenvalue weighted by molar-refractivity contribution is -0.122. The van der Waals surface area contributed by atoms with Crippen molar-refractivity contribution in [3.63, 3.8) is 0 Å². The van der Waals surface area contributed by atoms with E-state index >= 15 is 0 Å². The van der Waals surface area contributed by atoms with Gasteiger partial charge in [0, 0.05) is 6.42 Å². The van der Waals surface area contributed by atoms with E-state index in [0.29, 0.717) is 17.9 Å². The van der Waals surface area contributed by atoms with Gasteiger partial charge in [0.1, 0.15) is 5.82 Å². The van der Waals surface area contributed by atoms with Gasteiger partial charge in [0.05, 0.1) is 6.04 Å². The van der Waals surface area contributed by atoms with Crippen LogP contribution in [0.3, 0.4) is 0 Å². The molecule has 1 atom stereocenters. The molecule has 1 aromatic carbocycles. The third-order valence-corrected chi connectivity index (χ3v) is 4.31. The third kappa shape index (κ3) is 4.81. The van der Waals surface area contributed by atoms with Crippen LogP contribution in [-0.2, 0) is 4.79 Å². The predicted octanol–water partition coefficient (Wildman–Crippen LogP) is 3.09. The summed E-state index contributed by atoms with van der Waals surface area (Å²) in [6.45, 7) is 5.75. The summed E-state index contributed by atoms with van der Waals surface area (Å²) in [7, 11) is 0. The molecule has 0 aromatic heterocycles. The second-order valence-electron chi connectivity index (χ2n) is 6.03. The van der Waals surface area contributed by atoms with Gasteiger partial charge in [0.15, 0.2) is 0 Å². The first-order valence-electron chi connectivity index (χ1n) is 7.82. The number of rotatable bonds is 5. The summed E-state index contributed by atoms with van der Waals surface area (Å²) in [5.41, 5.74) is 1.44. The number of piperidine rings is 1. The van der Waals surface area contributed by atoms with Crippen LogP contribution in [0.1, 0.15) is 49.8 Å². The van der Waals surface area contributed by atoms with Crippen molar-refractivity contribution in [2.24, 2.45) is 5.92 Å². The standard InChI is InChI=1S/C17H25FN2O/c1-12-3-5-15(11-16(12)18)13(2)20-17(21)6-4-14-7-9-19-10-8-14/h3,5,11,13-14,19H,4,6-10H2,1-2H3,(H,20,21)/t13-/m0/s1. The number of benzene rings is 1. The molecule has 116 valence electrons. The molecule has 0 spiro atoms. The molecule has 0 aliphatic carbocycles. The van der Waals surface area contributed by atoms with Crippen molar-refractivity contribution in [1.82, 2.24) is 10.6 Å². The quantitative estimate of drug-likeness (QED) is 0.875. The Labute approximate surface area is 126 Å². The van der Waals surface area contributed by atoms with Crippen molar-refractivity contribution >= 4 is 5.91 Å². The zero-order valence-electron chi connectivity index (χ0n) is 12.9. The minimum absolute atomic E-state index is 0.0574. The molecule has 1 fully saturated rings. The largest absolute Gasteiger partial charge is 0.350 e. The Morgan fingerprint density at radius 1 is 1.43 bits per heavy atom. The van der Waals surface area contributed by atoms with Crippen molar-refractivity contribution in [3.05, 3.63) is 35.1 Å². The van der Waals surface area contributed by atoms with Gasteiger partial charge in [0.2, 0.25) is 5.91 Å². The van der Waals surface area contributed by atoms with Crippen LogP contribution in [0.5, 0.6) is 0 Å². The maximum absolute atomic E-state index is 13.5. The molecule has 1 amide bonds. The molecule has 1 saturated heterocycles. The molecular weight excluding hydrogens is 267 g/mol. The number of carbonyl (C=O) groups excluding carboxylic acids is 1. The summed E-state index contributed by atoms with van der Waals surface area (Å²) in [5.74, 6) is 0.495. The monoisotopic (exact) mass is 292 g/mol. The first-order chi connectivity index (χ1) is 10.1. The molecule has 0 bridgehead atoms. The molecule has 3 nitrogen and oxygen atoms in total. The van der Waals surface area contributed by atoms with Gasteiger partial charge >= 0.3 is 0 Å². The average Bonchev–Trinajstić information content (AvgIpc) is 2.49. The lowest BCUT2D eigenvalue weighted by Crippen LogP contribution is -2.30. The summed E-state index contributed by atoms with van der Waals surface area (Å²) >= 11 is 0. The number of aryl methyl sites for hydroxylation is 1. The number of amides is 1. The number of halogens is 1. The van der Waals surface area contributed by atoms with Crippen LogP contribution in [0.25, 0.3) is 0 Å². The Bertz CT molecular complexity index is 484. The van der Waals surface area contributed by atoms with E-state index in [1.807, 2.05) is 13.0 Å². The number of hydrogen-bond donors (Lipinski definition) is 2. The van der Waals surface area contributed by atoms with Crippen molar-refractivity contribution in [3.8, 4) is 0 Å². The van der Waals surface area contributed by atoms with Gasteiger partial charge in [-0.15, -0.1) is 0 Å². The van der Waals surface area contributed by atoms with Crippen LogP contribution in [0, 0.1) is 18.7 Å². The molecule has 0 radical (unpaired) electrons. The van der Waals surface area contributed by atoms with Gasteiger partial charge in [-0.05, 0) is 69.3 Å².